The van der Waals surface area contributed by atoms with Crippen LogP contribution < -0.4 is 36.1 Å². The number of amides is 6. The molecule has 6 atom stereocenters. The Morgan fingerprint density at radius 1 is 0.925 bits per heavy atom. The summed E-state index contributed by atoms with van der Waals surface area (Å²) in [5, 5.41) is 24.1. The van der Waals surface area contributed by atoms with Crippen molar-refractivity contribution in [3.63, 3.8) is 0 Å². The van der Waals surface area contributed by atoms with Gasteiger partial charge in [-0.05, 0) is 49.4 Å². The molecule has 6 N–H and O–H groups in total. The van der Waals surface area contributed by atoms with Crippen LogP contribution in [0.3, 0.4) is 0 Å². The SMILES string of the molecule is CC(C)C[C@@H]1NC(=O)C[C@H](c2ccccc2)NC(=O)[C@H](C)NC(=O)[C@@H]2C[C@H](NC(=O)CCSc3ccc4c(c3)OCCO4)CN2C(=O)[C@@H](CO)NC1=O. The highest BCUT2D eigenvalue weighted by Crippen LogP contribution is 2.34. The lowest BCUT2D eigenvalue weighted by Crippen LogP contribution is -2.59. The Morgan fingerprint density at radius 3 is 2.38 bits per heavy atom. The van der Waals surface area contributed by atoms with Gasteiger partial charge in [-0.25, -0.2) is 0 Å². The molecule has 2 saturated heterocycles. The molecule has 16 heteroatoms. The van der Waals surface area contributed by atoms with Gasteiger partial charge < -0.3 is 46.1 Å². The number of rotatable bonds is 9. The average Bonchev–Trinajstić information content (AvgIpc) is 3.56. The molecule has 5 rings (SSSR count). The quantitative estimate of drug-likeness (QED) is 0.199. The first-order valence-electron chi connectivity index (χ1n) is 17.9. The normalized spacial score (nSPS) is 25.5. The molecule has 0 spiro atoms. The lowest BCUT2D eigenvalue weighted by Gasteiger charge is -2.30. The molecular formula is C37H48N6O9S. The van der Waals surface area contributed by atoms with Gasteiger partial charge in [0.2, 0.25) is 35.4 Å². The lowest BCUT2D eigenvalue weighted by molar-refractivity contribution is -0.143. The average molecular weight is 753 g/mol. The van der Waals surface area contributed by atoms with E-state index >= 15 is 0 Å². The second kappa shape index (κ2) is 18.3. The molecule has 3 aliphatic rings. The zero-order valence-electron chi connectivity index (χ0n) is 30.1. The Kier molecular flexibility index (Phi) is 13.6. The maximum atomic E-state index is 13.9. The first-order chi connectivity index (χ1) is 25.4. The minimum Gasteiger partial charge on any atom is -0.486 e. The molecule has 3 aliphatic heterocycles. The number of nitrogens with zero attached hydrogens (tertiary/aromatic N) is 1. The Bertz CT molecular complexity index is 1660. The minimum atomic E-state index is -1.44. The molecule has 6 amide bonds. The second-order valence-corrected chi connectivity index (χ2v) is 15.0. The van der Waals surface area contributed by atoms with Crippen LogP contribution in [-0.2, 0) is 28.8 Å². The molecule has 2 aromatic carbocycles. The molecule has 3 heterocycles. The number of hydrogen-bond acceptors (Lipinski definition) is 10. The van der Waals surface area contributed by atoms with Gasteiger partial charge in [0.05, 0.1) is 19.1 Å². The number of carbonyl (C=O) groups is 6. The molecule has 0 aliphatic carbocycles. The van der Waals surface area contributed by atoms with E-state index in [1.807, 2.05) is 32.0 Å². The lowest BCUT2D eigenvalue weighted by atomic mass is 10.00. The van der Waals surface area contributed by atoms with Gasteiger partial charge in [-0.1, -0.05) is 44.2 Å². The summed E-state index contributed by atoms with van der Waals surface area (Å²) in [5.74, 6) is -1.68. The predicted molar refractivity (Wildman–Crippen MR) is 195 cm³/mol. The maximum absolute atomic E-state index is 13.9. The van der Waals surface area contributed by atoms with Crippen LogP contribution in [0.25, 0.3) is 0 Å². The first-order valence-corrected chi connectivity index (χ1v) is 18.9. The fourth-order valence-electron chi connectivity index (χ4n) is 6.52. The molecule has 0 radical (unpaired) electrons. The van der Waals surface area contributed by atoms with Crippen molar-refractivity contribution in [1.82, 2.24) is 31.5 Å². The largest absolute Gasteiger partial charge is 0.486 e. The number of ether oxygens (including phenoxy) is 2. The third-order valence-corrected chi connectivity index (χ3v) is 10.2. The summed E-state index contributed by atoms with van der Waals surface area (Å²) in [6, 6.07) is 8.38. The van der Waals surface area contributed by atoms with Gasteiger partial charge in [0, 0.05) is 29.7 Å². The van der Waals surface area contributed by atoms with Gasteiger partial charge in [0.15, 0.2) is 11.5 Å². The molecule has 53 heavy (non-hydrogen) atoms. The molecule has 15 nitrogen and oxygen atoms in total. The van der Waals surface area contributed by atoms with Crippen molar-refractivity contribution in [1.29, 1.82) is 0 Å². The van der Waals surface area contributed by atoms with Crippen LogP contribution in [0.1, 0.15) is 58.1 Å². The van der Waals surface area contributed by atoms with E-state index in [1.54, 1.807) is 30.3 Å². The molecule has 286 valence electrons. The van der Waals surface area contributed by atoms with Crippen molar-refractivity contribution in [3.05, 3.63) is 54.1 Å². The van der Waals surface area contributed by atoms with Gasteiger partial charge >= 0.3 is 0 Å². The van der Waals surface area contributed by atoms with Gasteiger partial charge in [-0.15, -0.1) is 11.8 Å². The summed E-state index contributed by atoms with van der Waals surface area (Å²) in [7, 11) is 0. The standard InChI is InChI=1S/C37H48N6O9S/c1-21(2)15-27-35(48)42-28(20-44)37(50)43-19-24(39-32(45)11-14-53-25-9-10-30-31(17-25)52-13-12-51-30)16-29(43)36(49)38-22(3)34(47)41-26(18-33(46)40-27)23-7-5-4-6-8-23/h4-10,17,21-22,24,26-29,44H,11-16,18-20H2,1-3H3,(H,38,49)(H,39,45)(H,40,46)(H,41,47)(H,42,48)/t22-,24-,26+,27-,28+,29-/m0/s1. The van der Waals surface area contributed by atoms with Crippen LogP contribution >= 0.6 is 11.8 Å². The summed E-state index contributed by atoms with van der Waals surface area (Å²) in [4.78, 5) is 83.2. The van der Waals surface area contributed by atoms with Crippen molar-refractivity contribution in [2.45, 2.75) is 87.6 Å². The van der Waals surface area contributed by atoms with E-state index in [0.29, 0.717) is 36.0 Å². The van der Waals surface area contributed by atoms with Crippen LogP contribution in [0, 0.1) is 5.92 Å². The Hall–Kier alpha value is -4.83. The van der Waals surface area contributed by atoms with Crippen molar-refractivity contribution in [2.75, 3.05) is 32.1 Å². The fourth-order valence-corrected chi connectivity index (χ4v) is 7.39. The Morgan fingerprint density at radius 2 is 1.66 bits per heavy atom. The zero-order chi connectivity index (χ0) is 38.1. The first kappa shape index (κ1) is 39.4. The van der Waals surface area contributed by atoms with Gasteiger partial charge in [-0.3, -0.25) is 28.8 Å². The van der Waals surface area contributed by atoms with Crippen LogP contribution in [0.4, 0.5) is 0 Å². The monoisotopic (exact) mass is 752 g/mol. The van der Waals surface area contributed by atoms with Crippen molar-refractivity contribution < 1.29 is 43.3 Å². The molecule has 0 unspecified atom stereocenters. The molecular weight excluding hydrogens is 705 g/mol. The number of thioether (sulfide) groups is 1. The summed E-state index contributed by atoms with van der Waals surface area (Å²) < 4.78 is 11.2. The van der Waals surface area contributed by atoms with Gasteiger partial charge in [0.1, 0.15) is 37.4 Å². The number of fused-ring (bicyclic) bond motifs is 2. The number of aliphatic hydroxyl groups excluding tert-OH is 1. The van der Waals surface area contributed by atoms with Crippen molar-refractivity contribution in [2.24, 2.45) is 5.92 Å². The third kappa shape index (κ3) is 10.6. The summed E-state index contributed by atoms with van der Waals surface area (Å²) in [5.41, 5.74) is 0.650. The van der Waals surface area contributed by atoms with E-state index in [9.17, 15) is 33.9 Å². The smallest absolute Gasteiger partial charge is 0.248 e. The van der Waals surface area contributed by atoms with Gasteiger partial charge in [0.25, 0.3) is 0 Å². The Balaban J connectivity index is 1.32. The summed E-state index contributed by atoms with van der Waals surface area (Å²) in [6.07, 6.45) is 0.225. The van der Waals surface area contributed by atoms with Crippen LogP contribution in [0.15, 0.2) is 53.4 Å². The van der Waals surface area contributed by atoms with E-state index in [2.05, 4.69) is 26.6 Å². The highest BCUT2D eigenvalue weighted by atomic mass is 32.2. The van der Waals surface area contributed by atoms with E-state index in [-0.39, 0.29) is 44.1 Å². The zero-order valence-corrected chi connectivity index (χ0v) is 30.9. The van der Waals surface area contributed by atoms with E-state index in [4.69, 9.17) is 9.47 Å². The third-order valence-electron chi connectivity index (χ3n) is 9.18. The molecule has 2 fully saturated rings. The topological polar surface area (TPSA) is 204 Å². The van der Waals surface area contributed by atoms with Crippen LogP contribution in [-0.4, -0.2) is 108 Å². The number of benzene rings is 2. The van der Waals surface area contributed by atoms with E-state index in [0.717, 1.165) is 4.90 Å². The number of hydrogen-bond donors (Lipinski definition) is 6. The molecule has 0 aromatic heterocycles. The summed E-state index contributed by atoms with van der Waals surface area (Å²) >= 11 is 1.47. The van der Waals surface area contributed by atoms with Crippen LogP contribution in [0.2, 0.25) is 0 Å². The fraction of sp³-hybridized carbons (Fsp3) is 0.514. The number of nitrogens with one attached hydrogen (secondary N) is 5. The molecule has 0 saturated carbocycles. The van der Waals surface area contributed by atoms with Crippen LogP contribution in [0.5, 0.6) is 11.5 Å². The predicted octanol–water partition coefficient (Wildman–Crippen LogP) is 0.800. The maximum Gasteiger partial charge on any atom is 0.248 e. The highest BCUT2D eigenvalue weighted by molar-refractivity contribution is 7.99. The minimum absolute atomic E-state index is 0.0264. The second-order valence-electron chi connectivity index (χ2n) is 13.8. The molecule has 0 bridgehead atoms. The number of aliphatic hydroxyl groups is 1. The van der Waals surface area contributed by atoms with E-state index in [1.165, 1.54) is 23.6 Å². The van der Waals surface area contributed by atoms with E-state index < -0.39 is 72.4 Å². The van der Waals surface area contributed by atoms with Crippen molar-refractivity contribution >= 4 is 47.2 Å². The van der Waals surface area contributed by atoms with Gasteiger partial charge in [-0.2, -0.15) is 0 Å². The highest BCUT2D eigenvalue weighted by Gasteiger charge is 2.43. The Labute approximate surface area is 312 Å². The van der Waals surface area contributed by atoms with Crippen molar-refractivity contribution in [3.8, 4) is 11.5 Å². The molecule has 2 aromatic rings. The number of carbonyl (C=O) groups excluding carboxylic acids is 6. The summed E-state index contributed by atoms with van der Waals surface area (Å²) in [6.45, 7) is 5.35.